The van der Waals surface area contributed by atoms with E-state index in [1.165, 1.54) is 11.3 Å². The van der Waals surface area contributed by atoms with Gasteiger partial charge in [-0.05, 0) is 42.0 Å². The Hall–Kier alpha value is -1.85. The van der Waals surface area contributed by atoms with Crippen LogP contribution in [0.4, 0.5) is 0 Å². The molecule has 0 aliphatic carbocycles. The summed E-state index contributed by atoms with van der Waals surface area (Å²) < 4.78 is 6.23. The number of amides is 1. The zero-order chi connectivity index (χ0) is 14.7. The van der Waals surface area contributed by atoms with Crippen LogP contribution in [0.1, 0.15) is 15.4 Å². The SMILES string of the molecule is O=C(NCc1ccco1)c1ccc(-c2ccc(Br)cc2)s1. The number of hydrogen-bond donors (Lipinski definition) is 1. The predicted molar refractivity (Wildman–Crippen MR) is 87.3 cm³/mol. The minimum Gasteiger partial charge on any atom is -0.467 e. The van der Waals surface area contributed by atoms with Gasteiger partial charge in [0.1, 0.15) is 5.76 Å². The molecule has 3 aromatic rings. The molecular weight excluding hydrogens is 350 g/mol. The van der Waals surface area contributed by atoms with Crippen LogP contribution in [0.3, 0.4) is 0 Å². The molecule has 0 spiro atoms. The molecule has 3 nitrogen and oxygen atoms in total. The van der Waals surface area contributed by atoms with Crippen molar-refractivity contribution in [2.24, 2.45) is 0 Å². The van der Waals surface area contributed by atoms with Gasteiger partial charge < -0.3 is 9.73 Å². The topological polar surface area (TPSA) is 42.2 Å². The van der Waals surface area contributed by atoms with E-state index in [4.69, 9.17) is 4.42 Å². The van der Waals surface area contributed by atoms with Crippen LogP contribution in [0.2, 0.25) is 0 Å². The van der Waals surface area contributed by atoms with Gasteiger partial charge in [-0.2, -0.15) is 0 Å². The first-order valence-electron chi connectivity index (χ1n) is 6.39. The molecule has 106 valence electrons. The lowest BCUT2D eigenvalue weighted by Gasteiger charge is -2.00. The summed E-state index contributed by atoms with van der Waals surface area (Å²) in [7, 11) is 0. The largest absolute Gasteiger partial charge is 0.467 e. The molecule has 0 unspecified atom stereocenters. The number of furan rings is 1. The average molecular weight is 362 g/mol. The van der Waals surface area contributed by atoms with Crippen LogP contribution < -0.4 is 5.32 Å². The molecule has 1 aromatic carbocycles. The molecule has 0 aliphatic rings. The maximum atomic E-state index is 12.1. The Labute approximate surface area is 134 Å². The van der Waals surface area contributed by atoms with E-state index >= 15 is 0 Å². The highest BCUT2D eigenvalue weighted by Crippen LogP contribution is 2.29. The Kier molecular flexibility index (Phi) is 4.22. The summed E-state index contributed by atoms with van der Waals surface area (Å²) in [4.78, 5) is 13.9. The Bertz CT molecular complexity index is 732. The number of thiophene rings is 1. The summed E-state index contributed by atoms with van der Waals surface area (Å²) in [5, 5.41) is 2.85. The molecule has 0 saturated carbocycles. The highest BCUT2D eigenvalue weighted by atomic mass is 79.9. The third kappa shape index (κ3) is 3.43. The van der Waals surface area contributed by atoms with Crippen molar-refractivity contribution in [1.29, 1.82) is 0 Å². The molecule has 0 aliphatic heterocycles. The van der Waals surface area contributed by atoms with Gasteiger partial charge in [-0.15, -0.1) is 11.3 Å². The van der Waals surface area contributed by atoms with Gasteiger partial charge in [-0.3, -0.25) is 4.79 Å². The zero-order valence-corrected chi connectivity index (χ0v) is 13.4. The molecule has 1 N–H and O–H groups in total. The quantitative estimate of drug-likeness (QED) is 0.731. The number of benzene rings is 1. The van der Waals surface area contributed by atoms with Crippen molar-refractivity contribution in [3.8, 4) is 10.4 Å². The van der Waals surface area contributed by atoms with Gasteiger partial charge in [0.2, 0.25) is 0 Å². The van der Waals surface area contributed by atoms with Gasteiger partial charge in [0.15, 0.2) is 0 Å². The van der Waals surface area contributed by atoms with Crippen molar-refractivity contribution in [3.63, 3.8) is 0 Å². The van der Waals surface area contributed by atoms with E-state index in [-0.39, 0.29) is 5.91 Å². The summed E-state index contributed by atoms with van der Waals surface area (Å²) in [6, 6.07) is 15.5. The number of carbonyl (C=O) groups excluding carboxylic acids is 1. The summed E-state index contributed by atoms with van der Waals surface area (Å²) in [5.74, 6) is 0.660. The summed E-state index contributed by atoms with van der Waals surface area (Å²) in [6.07, 6.45) is 1.60. The lowest BCUT2D eigenvalue weighted by Crippen LogP contribution is -2.21. The number of hydrogen-bond acceptors (Lipinski definition) is 3. The first-order chi connectivity index (χ1) is 10.2. The van der Waals surface area contributed by atoms with Crippen molar-refractivity contribution < 1.29 is 9.21 Å². The smallest absolute Gasteiger partial charge is 0.261 e. The maximum Gasteiger partial charge on any atom is 0.261 e. The first kappa shape index (κ1) is 14.1. The third-order valence-corrected chi connectivity index (χ3v) is 4.62. The fourth-order valence-electron chi connectivity index (χ4n) is 1.90. The minimum atomic E-state index is -0.0836. The molecule has 0 radical (unpaired) electrons. The number of nitrogens with one attached hydrogen (secondary N) is 1. The monoisotopic (exact) mass is 361 g/mol. The zero-order valence-electron chi connectivity index (χ0n) is 11.0. The lowest BCUT2D eigenvalue weighted by molar-refractivity contribution is 0.0952. The fraction of sp³-hybridized carbons (Fsp3) is 0.0625. The molecule has 2 aromatic heterocycles. The van der Waals surface area contributed by atoms with E-state index in [1.54, 1.807) is 12.3 Å². The van der Waals surface area contributed by atoms with Gasteiger partial charge in [-0.1, -0.05) is 28.1 Å². The molecule has 1 amide bonds. The molecule has 2 heterocycles. The van der Waals surface area contributed by atoms with Crippen LogP contribution in [-0.2, 0) is 6.54 Å². The van der Waals surface area contributed by atoms with Crippen LogP contribution in [0.5, 0.6) is 0 Å². The summed E-state index contributed by atoms with van der Waals surface area (Å²) >= 11 is 4.90. The fourth-order valence-corrected chi connectivity index (χ4v) is 3.09. The molecular formula is C16H12BrNO2S. The Morgan fingerprint density at radius 1 is 1.14 bits per heavy atom. The highest BCUT2D eigenvalue weighted by molar-refractivity contribution is 9.10. The molecule has 0 atom stereocenters. The van der Waals surface area contributed by atoms with E-state index in [0.29, 0.717) is 11.4 Å². The summed E-state index contributed by atoms with van der Waals surface area (Å²) in [5.41, 5.74) is 1.10. The number of rotatable bonds is 4. The molecule has 5 heteroatoms. The standard InChI is InChI=1S/C16H12BrNO2S/c17-12-5-3-11(4-6-12)14-7-8-15(21-14)16(19)18-10-13-2-1-9-20-13/h1-9H,10H2,(H,18,19). The second-order valence-electron chi connectivity index (χ2n) is 4.43. The van der Waals surface area contributed by atoms with E-state index in [2.05, 4.69) is 21.2 Å². The lowest BCUT2D eigenvalue weighted by atomic mass is 10.2. The van der Waals surface area contributed by atoms with E-state index in [0.717, 1.165) is 20.7 Å². The van der Waals surface area contributed by atoms with E-state index < -0.39 is 0 Å². The molecule has 0 bridgehead atoms. The first-order valence-corrected chi connectivity index (χ1v) is 8.00. The minimum absolute atomic E-state index is 0.0836. The van der Waals surface area contributed by atoms with Crippen LogP contribution in [0.25, 0.3) is 10.4 Å². The van der Waals surface area contributed by atoms with Gasteiger partial charge in [0, 0.05) is 9.35 Å². The second kappa shape index (κ2) is 6.28. The van der Waals surface area contributed by atoms with Crippen molar-refractivity contribution in [2.75, 3.05) is 0 Å². The van der Waals surface area contributed by atoms with Crippen molar-refractivity contribution in [2.45, 2.75) is 6.54 Å². The van der Waals surface area contributed by atoms with Gasteiger partial charge in [0.25, 0.3) is 5.91 Å². The van der Waals surface area contributed by atoms with Gasteiger partial charge >= 0.3 is 0 Å². The van der Waals surface area contributed by atoms with Crippen LogP contribution in [0.15, 0.2) is 63.7 Å². The van der Waals surface area contributed by atoms with Crippen molar-refractivity contribution in [1.82, 2.24) is 5.32 Å². The van der Waals surface area contributed by atoms with Gasteiger partial charge in [-0.25, -0.2) is 0 Å². The molecule has 3 rings (SSSR count). The Morgan fingerprint density at radius 2 is 1.95 bits per heavy atom. The normalized spacial score (nSPS) is 10.5. The van der Waals surface area contributed by atoms with E-state index in [9.17, 15) is 4.79 Å². The molecule has 21 heavy (non-hydrogen) atoms. The van der Waals surface area contributed by atoms with Crippen molar-refractivity contribution in [3.05, 3.63) is 69.9 Å². The molecule has 0 saturated heterocycles. The van der Waals surface area contributed by atoms with Crippen molar-refractivity contribution >= 4 is 33.2 Å². The van der Waals surface area contributed by atoms with Gasteiger partial charge in [0.05, 0.1) is 17.7 Å². The third-order valence-electron chi connectivity index (χ3n) is 2.96. The highest BCUT2D eigenvalue weighted by Gasteiger charge is 2.10. The average Bonchev–Trinajstić information content (AvgIpc) is 3.17. The van der Waals surface area contributed by atoms with E-state index in [1.807, 2.05) is 42.5 Å². The number of halogens is 1. The maximum absolute atomic E-state index is 12.1. The number of carbonyl (C=O) groups is 1. The van der Waals surface area contributed by atoms with Crippen LogP contribution in [0, 0.1) is 0 Å². The van der Waals surface area contributed by atoms with Crippen LogP contribution in [-0.4, -0.2) is 5.91 Å². The Morgan fingerprint density at radius 3 is 2.67 bits per heavy atom. The predicted octanol–water partition coefficient (Wildman–Crippen LogP) is 4.70. The second-order valence-corrected chi connectivity index (χ2v) is 6.43. The Balaban J connectivity index is 1.69. The van der Waals surface area contributed by atoms with Crippen LogP contribution >= 0.6 is 27.3 Å². The molecule has 0 fully saturated rings. The summed E-state index contributed by atoms with van der Waals surface area (Å²) in [6.45, 7) is 0.400.